The minimum absolute atomic E-state index is 0.00858. The molecule has 2 aromatic rings. The van der Waals surface area contributed by atoms with Crippen LogP contribution in [0, 0.1) is 11.3 Å². The van der Waals surface area contributed by atoms with E-state index in [-0.39, 0.29) is 11.7 Å². The number of halogens is 1. The van der Waals surface area contributed by atoms with Gasteiger partial charge in [0.1, 0.15) is 11.6 Å². The molecule has 0 aliphatic rings. The van der Waals surface area contributed by atoms with Gasteiger partial charge >= 0.3 is 0 Å². The molecule has 0 spiro atoms. The number of carbonyl (C=O) groups excluding carboxylic acids is 1. The molecule has 0 aromatic heterocycles. The van der Waals surface area contributed by atoms with E-state index >= 15 is 0 Å². The second kappa shape index (κ2) is 9.79. The number of hydrogen-bond acceptors (Lipinski definition) is 4. The van der Waals surface area contributed by atoms with Crippen molar-refractivity contribution in [2.75, 3.05) is 11.9 Å². The van der Waals surface area contributed by atoms with Crippen LogP contribution in [0.25, 0.3) is 6.08 Å². The fraction of sp³-hybridized carbons (Fsp3) is 0.238. The number of hydrogen-bond donors (Lipinski definition) is 1. The molecule has 0 saturated carbocycles. The van der Waals surface area contributed by atoms with E-state index in [1.165, 1.54) is 6.08 Å². The molecule has 0 aliphatic carbocycles. The molecule has 0 saturated heterocycles. The van der Waals surface area contributed by atoms with Gasteiger partial charge in [-0.3, -0.25) is 4.79 Å². The van der Waals surface area contributed by atoms with Crippen molar-refractivity contribution in [1.29, 1.82) is 5.26 Å². The van der Waals surface area contributed by atoms with Crippen molar-refractivity contribution in [3.05, 3.63) is 58.1 Å². The molecule has 2 aromatic carbocycles. The molecule has 0 heterocycles. The van der Waals surface area contributed by atoms with Crippen LogP contribution < -0.4 is 14.8 Å². The van der Waals surface area contributed by atoms with Crippen LogP contribution in [0.2, 0.25) is 0 Å². The van der Waals surface area contributed by atoms with Gasteiger partial charge in [0.25, 0.3) is 5.91 Å². The summed E-state index contributed by atoms with van der Waals surface area (Å²) in [6, 6.07) is 14.5. The Labute approximate surface area is 167 Å². The third kappa shape index (κ3) is 5.87. The van der Waals surface area contributed by atoms with Crippen molar-refractivity contribution < 1.29 is 14.3 Å². The molecule has 1 amide bonds. The minimum Gasteiger partial charge on any atom is -0.490 e. The molecular weight excluding hydrogens is 408 g/mol. The summed E-state index contributed by atoms with van der Waals surface area (Å²) in [6.45, 7) is 6.20. The van der Waals surface area contributed by atoms with Gasteiger partial charge in [0.15, 0.2) is 11.5 Å². The van der Waals surface area contributed by atoms with E-state index in [4.69, 9.17) is 9.47 Å². The largest absolute Gasteiger partial charge is 0.490 e. The highest BCUT2D eigenvalue weighted by molar-refractivity contribution is 9.10. The number of anilines is 1. The molecule has 0 bridgehead atoms. The zero-order valence-electron chi connectivity index (χ0n) is 15.5. The summed E-state index contributed by atoms with van der Waals surface area (Å²) in [7, 11) is 0. The summed E-state index contributed by atoms with van der Waals surface area (Å²) in [4.78, 5) is 12.4. The monoisotopic (exact) mass is 428 g/mol. The lowest BCUT2D eigenvalue weighted by molar-refractivity contribution is -0.112. The van der Waals surface area contributed by atoms with Gasteiger partial charge in [0.2, 0.25) is 0 Å². The number of ether oxygens (including phenoxy) is 2. The zero-order valence-corrected chi connectivity index (χ0v) is 17.0. The Hall–Kier alpha value is -2.78. The number of benzene rings is 2. The number of amides is 1. The number of nitrogens with one attached hydrogen (secondary N) is 1. The van der Waals surface area contributed by atoms with Crippen LogP contribution in [0.5, 0.6) is 11.5 Å². The summed E-state index contributed by atoms with van der Waals surface area (Å²) in [5.41, 5.74) is 1.27. The number of carbonyl (C=O) groups is 1. The zero-order chi connectivity index (χ0) is 19.8. The summed E-state index contributed by atoms with van der Waals surface area (Å²) in [5, 5.41) is 12.1. The van der Waals surface area contributed by atoms with Gasteiger partial charge in [-0.15, -0.1) is 0 Å². The van der Waals surface area contributed by atoms with Crippen molar-refractivity contribution in [3.63, 3.8) is 0 Å². The first kappa shape index (κ1) is 20.5. The van der Waals surface area contributed by atoms with Crippen LogP contribution in [0.15, 0.2) is 52.5 Å². The van der Waals surface area contributed by atoms with Crippen molar-refractivity contribution >= 4 is 33.6 Å². The van der Waals surface area contributed by atoms with Crippen molar-refractivity contribution in [3.8, 4) is 17.6 Å². The van der Waals surface area contributed by atoms with Crippen LogP contribution >= 0.6 is 15.9 Å². The first-order valence-corrected chi connectivity index (χ1v) is 9.35. The third-order valence-corrected chi connectivity index (χ3v) is 3.98. The molecule has 0 radical (unpaired) electrons. The van der Waals surface area contributed by atoms with Gasteiger partial charge in [0, 0.05) is 5.69 Å². The summed E-state index contributed by atoms with van der Waals surface area (Å²) in [5.74, 6) is 0.670. The van der Waals surface area contributed by atoms with Crippen molar-refractivity contribution in [2.45, 2.75) is 26.9 Å². The van der Waals surface area contributed by atoms with E-state index in [9.17, 15) is 10.1 Å². The fourth-order valence-corrected chi connectivity index (χ4v) is 2.87. The molecule has 0 unspecified atom stereocenters. The minimum atomic E-state index is -0.472. The topological polar surface area (TPSA) is 71.3 Å². The number of nitrogens with zero attached hydrogens (tertiary/aromatic N) is 1. The smallest absolute Gasteiger partial charge is 0.266 e. The fourth-order valence-electron chi connectivity index (χ4n) is 2.32. The van der Waals surface area contributed by atoms with E-state index in [0.29, 0.717) is 33.8 Å². The first-order valence-electron chi connectivity index (χ1n) is 8.55. The maximum absolute atomic E-state index is 12.4. The lowest BCUT2D eigenvalue weighted by atomic mass is 10.1. The summed E-state index contributed by atoms with van der Waals surface area (Å²) >= 11 is 3.48. The Morgan fingerprint density at radius 2 is 2.00 bits per heavy atom. The number of rotatable bonds is 7. The van der Waals surface area contributed by atoms with E-state index in [0.717, 1.165) is 0 Å². The molecule has 0 fully saturated rings. The van der Waals surface area contributed by atoms with Gasteiger partial charge in [0.05, 0.1) is 17.2 Å². The predicted molar refractivity (Wildman–Crippen MR) is 110 cm³/mol. The average Bonchev–Trinajstić information content (AvgIpc) is 2.63. The SMILES string of the molecule is CCOc1cc(/C=C(\C#N)C(=O)Nc2ccccc2)cc(Br)c1OC(C)C. The van der Waals surface area contributed by atoms with Crippen molar-refractivity contribution in [1.82, 2.24) is 0 Å². The molecule has 0 atom stereocenters. The van der Waals surface area contributed by atoms with Gasteiger partial charge < -0.3 is 14.8 Å². The highest BCUT2D eigenvalue weighted by atomic mass is 79.9. The standard InChI is InChI=1S/C21H21BrN2O3/c1-4-26-19-12-15(11-18(22)20(19)27-14(2)3)10-16(13-23)21(25)24-17-8-6-5-7-9-17/h5-12,14H,4H2,1-3H3,(H,24,25)/b16-10+. The first-order chi connectivity index (χ1) is 12.9. The molecule has 140 valence electrons. The Morgan fingerprint density at radius 1 is 1.30 bits per heavy atom. The highest BCUT2D eigenvalue weighted by Crippen LogP contribution is 2.38. The van der Waals surface area contributed by atoms with Gasteiger partial charge in [-0.25, -0.2) is 0 Å². The van der Waals surface area contributed by atoms with Crippen LogP contribution in [-0.4, -0.2) is 18.6 Å². The molecule has 1 N–H and O–H groups in total. The van der Waals surface area contributed by atoms with Gasteiger partial charge in [-0.2, -0.15) is 5.26 Å². The Bertz CT molecular complexity index is 871. The van der Waals surface area contributed by atoms with E-state index in [1.54, 1.807) is 24.3 Å². The second-order valence-electron chi connectivity index (χ2n) is 5.92. The summed E-state index contributed by atoms with van der Waals surface area (Å²) in [6.07, 6.45) is 1.50. The molecule has 27 heavy (non-hydrogen) atoms. The van der Waals surface area contributed by atoms with E-state index in [2.05, 4.69) is 21.2 Å². The lowest BCUT2D eigenvalue weighted by Crippen LogP contribution is -2.13. The lowest BCUT2D eigenvalue weighted by Gasteiger charge is -2.17. The predicted octanol–water partition coefficient (Wildman–Crippen LogP) is 5.18. The number of nitriles is 1. The van der Waals surface area contributed by atoms with Crippen LogP contribution in [-0.2, 0) is 4.79 Å². The molecular formula is C21H21BrN2O3. The maximum Gasteiger partial charge on any atom is 0.266 e. The number of para-hydroxylation sites is 1. The third-order valence-electron chi connectivity index (χ3n) is 3.39. The summed E-state index contributed by atoms with van der Waals surface area (Å²) < 4.78 is 12.2. The Morgan fingerprint density at radius 3 is 2.59 bits per heavy atom. The quantitative estimate of drug-likeness (QED) is 0.486. The molecule has 2 rings (SSSR count). The second-order valence-corrected chi connectivity index (χ2v) is 6.77. The van der Waals surface area contributed by atoms with E-state index in [1.807, 2.05) is 45.0 Å². The molecule has 0 aliphatic heterocycles. The molecule has 5 nitrogen and oxygen atoms in total. The van der Waals surface area contributed by atoms with Crippen LogP contribution in [0.1, 0.15) is 26.3 Å². The maximum atomic E-state index is 12.4. The van der Waals surface area contributed by atoms with Gasteiger partial charge in [-0.05, 0) is 72.6 Å². The van der Waals surface area contributed by atoms with Crippen LogP contribution in [0.3, 0.4) is 0 Å². The Balaban J connectivity index is 2.34. The van der Waals surface area contributed by atoms with E-state index < -0.39 is 5.91 Å². The van der Waals surface area contributed by atoms with Gasteiger partial charge in [-0.1, -0.05) is 18.2 Å². The van der Waals surface area contributed by atoms with Crippen LogP contribution in [0.4, 0.5) is 5.69 Å². The highest BCUT2D eigenvalue weighted by Gasteiger charge is 2.15. The van der Waals surface area contributed by atoms with Crippen molar-refractivity contribution in [2.24, 2.45) is 0 Å². The Kier molecular flexibility index (Phi) is 7.44. The average molecular weight is 429 g/mol. The molecule has 6 heteroatoms. The normalized spacial score (nSPS) is 11.0.